The Hall–Kier alpha value is -1.06. The summed E-state index contributed by atoms with van der Waals surface area (Å²) in [7, 11) is 0. The third-order valence-corrected chi connectivity index (χ3v) is 2.99. The average Bonchev–Trinajstić information content (AvgIpc) is 2.29. The second-order valence-electron chi connectivity index (χ2n) is 3.99. The van der Waals surface area contributed by atoms with Crippen LogP contribution in [0.1, 0.15) is 18.5 Å². The molecular formula is C12H18N2O. The van der Waals surface area contributed by atoms with Gasteiger partial charge in [0.15, 0.2) is 0 Å². The molecule has 0 saturated carbocycles. The first-order chi connectivity index (χ1) is 7.27. The SMILES string of the molecule is CC(c1cccc(N)c1)N1CCOCC1. The quantitative estimate of drug-likeness (QED) is 0.748. The standard InChI is InChI=1S/C12H18N2O/c1-10(14-5-7-15-8-6-14)11-3-2-4-12(13)9-11/h2-4,9-10H,5-8,13H2,1H3. The molecule has 0 aromatic heterocycles. The number of rotatable bonds is 2. The summed E-state index contributed by atoms with van der Waals surface area (Å²) in [6.45, 7) is 5.92. The van der Waals surface area contributed by atoms with E-state index in [4.69, 9.17) is 10.5 Å². The van der Waals surface area contributed by atoms with Crippen LogP contribution in [-0.2, 0) is 4.74 Å². The number of nitrogens with two attached hydrogens (primary N) is 1. The second-order valence-corrected chi connectivity index (χ2v) is 3.99. The molecule has 1 aliphatic rings. The lowest BCUT2D eigenvalue weighted by Crippen LogP contribution is -2.38. The predicted molar refractivity (Wildman–Crippen MR) is 61.7 cm³/mol. The highest BCUT2D eigenvalue weighted by Gasteiger charge is 2.18. The lowest BCUT2D eigenvalue weighted by atomic mass is 10.1. The van der Waals surface area contributed by atoms with Gasteiger partial charge in [-0.2, -0.15) is 0 Å². The first-order valence-electron chi connectivity index (χ1n) is 5.44. The highest BCUT2D eigenvalue weighted by atomic mass is 16.5. The van der Waals surface area contributed by atoms with E-state index in [-0.39, 0.29) is 0 Å². The summed E-state index contributed by atoms with van der Waals surface area (Å²) in [5.41, 5.74) is 7.91. The Morgan fingerprint density at radius 2 is 2.07 bits per heavy atom. The molecule has 3 nitrogen and oxygen atoms in total. The van der Waals surface area contributed by atoms with Crippen molar-refractivity contribution < 1.29 is 4.74 Å². The first-order valence-corrected chi connectivity index (χ1v) is 5.44. The Balaban J connectivity index is 2.08. The molecule has 82 valence electrons. The van der Waals surface area contributed by atoms with Gasteiger partial charge in [-0.1, -0.05) is 12.1 Å². The number of anilines is 1. The smallest absolute Gasteiger partial charge is 0.0594 e. The van der Waals surface area contributed by atoms with Crippen LogP contribution in [0.3, 0.4) is 0 Å². The van der Waals surface area contributed by atoms with Gasteiger partial charge in [0.05, 0.1) is 13.2 Å². The number of benzene rings is 1. The summed E-state index contributed by atoms with van der Waals surface area (Å²) in [6.07, 6.45) is 0. The highest BCUT2D eigenvalue weighted by Crippen LogP contribution is 2.22. The minimum absolute atomic E-state index is 0.428. The second kappa shape index (κ2) is 4.64. The predicted octanol–water partition coefficient (Wildman–Crippen LogP) is 1.66. The first kappa shape index (κ1) is 10.5. The molecule has 1 aromatic rings. The summed E-state index contributed by atoms with van der Waals surface area (Å²) in [6, 6.07) is 8.56. The largest absolute Gasteiger partial charge is 0.399 e. The number of ether oxygens (including phenoxy) is 1. The molecule has 1 heterocycles. The zero-order valence-electron chi connectivity index (χ0n) is 9.15. The monoisotopic (exact) mass is 206 g/mol. The van der Waals surface area contributed by atoms with Gasteiger partial charge in [0.25, 0.3) is 0 Å². The normalized spacial score (nSPS) is 20.1. The van der Waals surface area contributed by atoms with E-state index < -0.39 is 0 Å². The molecule has 1 aliphatic heterocycles. The number of morpholine rings is 1. The minimum Gasteiger partial charge on any atom is -0.399 e. The van der Waals surface area contributed by atoms with Crippen LogP contribution in [0.15, 0.2) is 24.3 Å². The van der Waals surface area contributed by atoms with Crippen LogP contribution in [0.4, 0.5) is 5.69 Å². The number of nitrogens with zero attached hydrogens (tertiary/aromatic N) is 1. The molecule has 0 bridgehead atoms. The fourth-order valence-corrected chi connectivity index (χ4v) is 1.99. The van der Waals surface area contributed by atoms with Crippen LogP contribution in [0.5, 0.6) is 0 Å². The Morgan fingerprint density at radius 3 is 2.73 bits per heavy atom. The van der Waals surface area contributed by atoms with Crippen molar-refractivity contribution in [2.75, 3.05) is 32.0 Å². The van der Waals surface area contributed by atoms with Crippen molar-refractivity contribution in [3.63, 3.8) is 0 Å². The number of nitrogen functional groups attached to an aromatic ring is 1. The van der Waals surface area contributed by atoms with Crippen LogP contribution in [0.25, 0.3) is 0 Å². The maximum absolute atomic E-state index is 5.78. The fraction of sp³-hybridized carbons (Fsp3) is 0.500. The van der Waals surface area contributed by atoms with Gasteiger partial charge in [-0.3, -0.25) is 4.90 Å². The molecule has 3 heteroatoms. The van der Waals surface area contributed by atoms with Gasteiger partial charge >= 0.3 is 0 Å². The van der Waals surface area contributed by atoms with Gasteiger partial charge in [-0.05, 0) is 24.6 Å². The molecule has 2 N–H and O–H groups in total. The molecule has 1 atom stereocenters. The number of hydrogen-bond donors (Lipinski definition) is 1. The Bertz CT molecular complexity index is 321. The molecular weight excluding hydrogens is 188 g/mol. The number of hydrogen-bond acceptors (Lipinski definition) is 3. The van der Waals surface area contributed by atoms with Crippen molar-refractivity contribution in [1.82, 2.24) is 4.90 Å². The van der Waals surface area contributed by atoms with Gasteiger partial charge in [0.1, 0.15) is 0 Å². The third-order valence-electron chi connectivity index (χ3n) is 2.99. The van der Waals surface area contributed by atoms with Crippen LogP contribution in [0, 0.1) is 0 Å². The van der Waals surface area contributed by atoms with Gasteiger partial charge in [0.2, 0.25) is 0 Å². The van der Waals surface area contributed by atoms with Crippen molar-refractivity contribution in [3.8, 4) is 0 Å². The van der Waals surface area contributed by atoms with Crippen LogP contribution in [0.2, 0.25) is 0 Å². The minimum atomic E-state index is 0.428. The van der Waals surface area contributed by atoms with Crippen LogP contribution < -0.4 is 5.73 Å². The lowest BCUT2D eigenvalue weighted by Gasteiger charge is -2.32. The zero-order valence-corrected chi connectivity index (χ0v) is 9.15. The molecule has 0 radical (unpaired) electrons. The van der Waals surface area contributed by atoms with Crippen molar-refractivity contribution in [2.24, 2.45) is 0 Å². The van der Waals surface area contributed by atoms with E-state index in [2.05, 4.69) is 24.0 Å². The fourth-order valence-electron chi connectivity index (χ4n) is 1.99. The van der Waals surface area contributed by atoms with Crippen molar-refractivity contribution in [3.05, 3.63) is 29.8 Å². The van der Waals surface area contributed by atoms with E-state index in [1.807, 2.05) is 12.1 Å². The topological polar surface area (TPSA) is 38.5 Å². The maximum atomic E-state index is 5.78. The lowest BCUT2D eigenvalue weighted by molar-refractivity contribution is 0.0199. The van der Waals surface area contributed by atoms with Gasteiger partial charge < -0.3 is 10.5 Å². The van der Waals surface area contributed by atoms with Crippen molar-refractivity contribution in [2.45, 2.75) is 13.0 Å². The van der Waals surface area contributed by atoms with E-state index in [1.165, 1.54) is 5.56 Å². The molecule has 0 aliphatic carbocycles. The molecule has 1 unspecified atom stereocenters. The van der Waals surface area contributed by atoms with Crippen molar-refractivity contribution >= 4 is 5.69 Å². The van der Waals surface area contributed by atoms with E-state index in [1.54, 1.807) is 0 Å². The van der Waals surface area contributed by atoms with E-state index >= 15 is 0 Å². The average molecular weight is 206 g/mol. The van der Waals surface area contributed by atoms with Crippen LogP contribution in [-0.4, -0.2) is 31.2 Å². The van der Waals surface area contributed by atoms with E-state index in [0.29, 0.717) is 6.04 Å². The summed E-state index contributed by atoms with van der Waals surface area (Å²) < 4.78 is 5.34. The van der Waals surface area contributed by atoms with Crippen LogP contribution >= 0.6 is 0 Å². The van der Waals surface area contributed by atoms with E-state index in [9.17, 15) is 0 Å². The third kappa shape index (κ3) is 2.49. The van der Waals surface area contributed by atoms with E-state index in [0.717, 1.165) is 32.0 Å². The summed E-state index contributed by atoms with van der Waals surface area (Å²) >= 11 is 0. The molecule has 1 saturated heterocycles. The summed E-state index contributed by atoms with van der Waals surface area (Å²) in [5.74, 6) is 0. The molecule has 1 fully saturated rings. The Kier molecular flexibility index (Phi) is 3.23. The molecule has 0 spiro atoms. The van der Waals surface area contributed by atoms with Gasteiger partial charge in [0, 0.05) is 24.8 Å². The highest BCUT2D eigenvalue weighted by molar-refractivity contribution is 5.41. The summed E-state index contributed by atoms with van der Waals surface area (Å²) in [5, 5.41) is 0. The molecule has 1 aromatic carbocycles. The maximum Gasteiger partial charge on any atom is 0.0594 e. The van der Waals surface area contributed by atoms with Gasteiger partial charge in [-0.15, -0.1) is 0 Å². The Morgan fingerprint density at radius 1 is 1.33 bits per heavy atom. The molecule has 0 amide bonds. The molecule has 2 rings (SSSR count). The summed E-state index contributed by atoms with van der Waals surface area (Å²) in [4.78, 5) is 2.43. The Labute approximate surface area is 90.8 Å². The van der Waals surface area contributed by atoms with Crippen molar-refractivity contribution in [1.29, 1.82) is 0 Å². The zero-order chi connectivity index (χ0) is 10.7. The molecule has 15 heavy (non-hydrogen) atoms. The van der Waals surface area contributed by atoms with Gasteiger partial charge in [-0.25, -0.2) is 0 Å².